The van der Waals surface area contributed by atoms with E-state index >= 15 is 0 Å². The summed E-state index contributed by atoms with van der Waals surface area (Å²) in [4.78, 5) is 2.29. The molecule has 1 aromatic heterocycles. The van der Waals surface area contributed by atoms with Crippen LogP contribution in [0.15, 0.2) is 0 Å². The Kier molecular flexibility index (Phi) is 4.81. The normalized spacial score (nSPS) is 11.5. The third kappa shape index (κ3) is 3.36. The Morgan fingerprint density at radius 3 is 2.59 bits per heavy atom. The van der Waals surface area contributed by atoms with Crippen LogP contribution in [0.1, 0.15) is 26.5 Å². The smallest absolute Gasteiger partial charge is 0.147 e. The zero-order chi connectivity index (χ0) is 13.0. The molecule has 1 aromatic rings. The van der Waals surface area contributed by atoms with Gasteiger partial charge in [0, 0.05) is 26.2 Å². The first kappa shape index (κ1) is 13.8. The van der Waals surface area contributed by atoms with Gasteiger partial charge in [-0.2, -0.15) is 5.10 Å². The minimum Gasteiger partial charge on any atom is -0.394 e. The predicted molar refractivity (Wildman–Crippen MR) is 73.3 cm³/mol. The molecule has 0 saturated carbocycles. The summed E-state index contributed by atoms with van der Waals surface area (Å²) in [5.41, 5.74) is 7.78. The lowest BCUT2D eigenvalue weighted by Gasteiger charge is -2.21. The average molecular weight is 239 g/mol. The van der Waals surface area contributed by atoms with E-state index in [1.807, 2.05) is 11.7 Å². The molecule has 0 aliphatic carbocycles. The van der Waals surface area contributed by atoms with E-state index in [4.69, 9.17) is 5.73 Å². The van der Waals surface area contributed by atoms with E-state index in [1.165, 1.54) is 0 Å². The van der Waals surface area contributed by atoms with Crippen molar-refractivity contribution in [2.45, 2.75) is 33.2 Å². The number of nitrogen functional groups attached to an aromatic ring is 1. The highest BCUT2D eigenvalue weighted by Crippen LogP contribution is 2.21. The molecule has 5 nitrogen and oxygen atoms in total. The summed E-state index contributed by atoms with van der Waals surface area (Å²) in [7, 11) is 4.04. The van der Waals surface area contributed by atoms with E-state index in [-0.39, 0.29) is 0 Å². The molecule has 0 saturated heterocycles. The predicted octanol–water partition coefficient (Wildman–Crippen LogP) is 1.32. The number of aryl methyl sites for hydroxylation is 2. The molecule has 17 heavy (non-hydrogen) atoms. The van der Waals surface area contributed by atoms with Gasteiger partial charge in [0.05, 0.1) is 11.4 Å². The van der Waals surface area contributed by atoms with Crippen LogP contribution in [-0.4, -0.2) is 40.9 Å². The van der Waals surface area contributed by atoms with Crippen LogP contribution in [0.25, 0.3) is 0 Å². The molecule has 0 aliphatic rings. The second kappa shape index (κ2) is 5.91. The first-order valence-corrected chi connectivity index (χ1v) is 6.22. The first-order valence-electron chi connectivity index (χ1n) is 6.22. The van der Waals surface area contributed by atoms with Crippen molar-refractivity contribution in [3.63, 3.8) is 0 Å². The molecule has 0 amide bonds. The zero-order valence-corrected chi connectivity index (χ0v) is 11.6. The number of aromatic nitrogens is 2. The molecule has 0 radical (unpaired) electrons. The maximum atomic E-state index is 6.03. The Hall–Kier alpha value is -1.23. The maximum Gasteiger partial charge on any atom is 0.147 e. The maximum absolute atomic E-state index is 6.03. The second-order valence-corrected chi connectivity index (χ2v) is 4.69. The van der Waals surface area contributed by atoms with Gasteiger partial charge in [0.1, 0.15) is 5.82 Å². The standard InChI is InChI=1S/C12H25N5/c1-6-10-11(13)12(17(5)15-10)14-7-8-16(4)9(2)3/h9,14H,6-8,13H2,1-5H3. The van der Waals surface area contributed by atoms with Crippen molar-refractivity contribution in [3.8, 4) is 0 Å². The zero-order valence-electron chi connectivity index (χ0n) is 11.6. The molecule has 1 rings (SSSR count). The SMILES string of the molecule is CCc1nn(C)c(NCCN(C)C(C)C)c1N. The molecule has 5 heteroatoms. The molecule has 0 aliphatic heterocycles. The highest BCUT2D eigenvalue weighted by Gasteiger charge is 2.11. The number of hydrogen-bond donors (Lipinski definition) is 2. The number of hydrogen-bond acceptors (Lipinski definition) is 4. The molecule has 0 bridgehead atoms. The minimum atomic E-state index is 0.562. The van der Waals surface area contributed by atoms with Crippen LogP contribution in [-0.2, 0) is 13.5 Å². The summed E-state index contributed by atoms with van der Waals surface area (Å²) >= 11 is 0. The van der Waals surface area contributed by atoms with Gasteiger partial charge in [0.25, 0.3) is 0 Å². The summed E-state index contributed by atoms with van der Waals surface area (Å²) in [5, 5.41) is 7.73. The van der Waals surface area contributed by atoms with Crippen LogP contribution in [0.2, 0.25) is 0 Å². The van der Waals surface area contributed by atoms with Crippen LogP contribution >= 0.6 is 0 Å². The summed E-state index contributed by atoms with van der Waals surface area (Å²) in [6.07, 6.45) is 0.868. The molecule has 0 aromatic carbocycles. The Balaban J connectivity index is 2.55. The van der Waals surface area contributed by atoms with Gasteiger partial charge in [-0.3, -0.25) is 4.68 Å². The lowest BCUT2D eigenvalue weighted by Crippen LogP contribution is -2.31. The number of anilines is 2. The Bertz CT molecular complexity index is 356. The largest absolute Gasteiger partial charge is 0.394 e. The fourth-order valence-corrected chi connectivity index (χ4v) is 1.68. The van der Waals surface area contributed by atoms with Crippen molar-refractivity contribution < 1.29 is 0 Å². The highest BCUT2D eigenvalue weighted by molar-refractivity contribution is 5.64. The van der Waals surface area contributed by atoms with Gasteiger partial charge >= 0.3 is 0 Å². The Labute approximate surface area is 104 Å². The molecule has 3 N–H and O–H groups in total. The van der Waals surface area contributed by atoms with Gasteiger partial charge in [-0.25, -0.2) is 0 Å². The van der Waals surface area contributed by atoms with E-state index < -0.39 is 0 Å². The van der Waals surface area contributed by atoms with E-state index in [0.29, 0.717) is 6.04 Å². The van der Waals surface area contributed by atoms with Crippen LogP contribution in [0.5, 0.6) is 0 Å². The molecule has 0 atom stereocenters. The third-order valence-electron chi connectivity index (χ3n) is 3.13. The monoisotopic (exact) mass is 239 g/mol. The summed E-state index contributed by atoms with van der Waals surface area (Å²) in [6, 6.07) is 0.562. The van der Waals surface area contributed by atoms with Crippen LogP contribution in [0.3, 0.4) is 0 Å². The van der Waals surface area contributed by atoms with Crippen molar-refractivity contribution in [1.29, 1.82) is 0 Å². The summed E-state index contributed by atoms with van der Waals surface area (Å²) in [6.45, 7) is 8.31. The van der Waals surface area contributed by atoms with Crippen LogP contribution in [0, 0.1) is 0 Å². The molecule has 98 valence electrons. The van der Waals surface area contributed by atoms with E-state index in [9.17, 15) is 0 Å². The van der Waals surface area contributed by atoms with E-state index in [0.717, 1.165) is 36.7 Å². The lowest BCUT2D eigenvalue weighted by molar-refractivity contribution is 0.284. The fourth-order valence-electron chi connectivity index (χ4n) is 1.68. The van der Waals surface area contributed by atoms with Gasteiger partial charge in [0.2, 0.25) is 0 Å². The first-order chi connectivity index (χ1) is 7.97. The quantitative estimate of drug-likeness (QED) is 0.786. The molecule has 0 fully saturated rings. The number of likely N-dealkylation sites (N-methyl/N-ethyl adjacent to an activating group) is 1. The third-order valence-corrected chi connectivity index (χ3v) is 3.13. The van der Waals surface area contributed by atoms with Gasteiger partial charge < -0.3 is 16.0 Å². The average Bonchev–Trinajstić information content (AvgIpc) is 2.55. The Morgan fingerprint density at radius 1 is 1.47 bits per heavy atom. The Morgan fingerprint density at radius 2 is 2.12 bits per heavy atom. The van der Waals surface area contributed by atoms with Crippen molar-refractivity contribution >= 4 is 11.5 Å². The highest BCUT2D eigenvalue weighted by atomic mass is 15.3. The van der Waals surface area contributed by atoms with Crippen molar-refractivity contribution in [2.24, 2.45) is 7.05 Å². The lowest BCUT2D eigenvalue weighted by atomic mass is 10.3. The number of nitrogens with two attached hydrogens (primary N) is 1. The molecule has 1 heterocycles. The fraction of sp³-hybridized carbons (Fsp3) is 0.750. The van der Waals surface area contributed by atoms with Crippen LogP contribution < -0.4 is 11.1 Å². The topological polar surface area (TPSA) is 59.1 Å². The summed E-state index contributed by atoms with van der Waals surface area (Å²) < 4.78 is 1.82. The molecule has 0 unspecified atom stereocenters. The van der Waals surface area contributed by atoms with Gasteiger partial charge in [-0.05, 0) is 27.3 Å². The number of rotatable bonds is 6. The van der Waals surface area contributed by atoms with E-state index in [2.05, 4.69) is 43.1 Å². The second-order valence-electron chi connectivity index (χ2n) is 4.69. The molecule has 0 spiro atoms. The molecular formula is C12H25N5. The van der Waals surface area contributed by atoms with Gasteiger partial charge in [-0.15, -0.1) is 0 Å². The van der Waals surface area contributed by atoms with E-state index in [1.54, 1.807) is 0 Å². The number of nitrogens with zero attached hydrogens (tertiary/aromatic N) is 3. The van der Waals surface area contributed by atoms with Gasteiger partial charge in [-0.1, -0.05) is 6.92 Å². The van der Waals surface area contributed by atoms with Crippen molar-refractivity contribution in [2.75, 3.05) is 31.2 Å². The van der Waals surface area contributed by atoms with Crippen molar-refractivity contribution in [1.82, 2.24) is 14.7 Å². The van der Waals surface area contributed by atoms with Crippen LogP contribution in [0.4, 0.5) is 11.5 Å². The molecular weight excluding hydrogens is 214 g/mol. The van der Waals surface area contributed by atoms with Crippen molar-refractivity contribution in [3.05, 3.63) is 5.69 Å². The number of nitrogens with one attached hydrogen (secondary N) is 1. The van der Waals surface area contributed by atoms with Gasteiger partial charge in [0.15, 0.2) is 0 Å². The summed E-state index contributed by atoms with van der Waals surface area (Å²) in [5.74, 6) is 0.930. The minimum absolute atomic E-state index is 0.562.